The molecule has 1 rings (SSSR count). The first-order valence-corrected chi connectivity index (χ1v) is 6.75. The lowest BCUT2D eigenvalue weighted by Crippen LogP contribution is -2.38. The first-order chi connectivity index (χ1) is 10.4. The number of hydrogen-bond donors (Lipinski definition) is 2. The summed E-state index contributed by atoms with van der Waals surface area (Å²) < 4.78 is 31.5. The predicted octanol–water partition coefficient (Wildman–Crippen LogP) is 2.21. The third-order valence-corrected chi connectivity index (χ3v) is 3.35. The SMILES string of the molecule is COC(=O)/C(=C/C(C)N(C)NO)CCc1cccc(F)c1F. The summed E-state index contributed by atoms with van der Waals surface area (Å²) in [5, 5.41) is 10.2. The van der Waals surface area contributed by atoms with Gasteiger partial charge < -0.3 is 9.94 Å². The average Bonchev–Trinajstić information content (AvgIpc) is 2.52. The summed E-state index contributed by atoms with van der Waals surface area (Å²) in [5.41, 5.74) is 2.46. The summed E-state index contributed by atoms with van der Waals surface area (Å²) in [4.78, 5) is 11.8. The minimum absolute atomic E-state index is 0.160. The number of halogens is 2. The van der Waals surface area contributed by atoms with Crippen molar-refractivity contribution in [3.63, 3.8) is 0 Å². The molecule has 0 aromatic heterocycles. The molecule has 122 valence electrons. The van der Waals surface area contributed by atoms with E-state index in [4.69, 9.17) is 9.94 Å². The number of esters is 1. The Hall–Kier alpha value is -1.83. The average molecular weight is 314 g/mol. The molecule has 1 unspecified atom stereocenters. The van der Waals surface area contributed by atoms with Gasteiger partial charge in [0.2, 0.25) is 0 Å². The molecule has 22 heavy (non-hydrogen) atoms. The maximum atomic E-state index is 13.6. The fourth-order valence-corrected chi connectivity index (χ4v) is 1.89. The maximum absolute atomic E-state index is 13.6. The number of carbonyl (C=O) groups is 1. The van der Waals surface area contributed by atoms with Crippen LogP contribution in [-0.2, 0) is 16.0 Å². The highest BCUT2D eigenvalue weighted by molar-refractivity contribution is 5.88. The number of benzene rings is 1. The zero-order valence-corrected chi connectivity index (χ0v) is 12.8. The van der Waals surface area contributed by atoms with Crippen molar-refractivity contribution in [3.8, 4) is 0 Å². The Labute approximate surface area is 128 Å². The van der Waals surface area contributed by atoms with E-state index in [1.54, 1.807) is 20.0 Å². The summed E-state index contributed by atoms with van der Waals surface area (Å²) >= 11 is 0. The van der Waals surface area contributed by atoms with E-state index in [0.29, 0.717) is 5.57 Å². The molecular formula is C15H20F2N2O3. The van der Waals surface area contributed by atoms with Gasteiger partial charge in [0.25, 0.3) is 0 Å². The Morgan fingerprint density at radius 1 is 1.50 bits per heavy atom. The van der Waals surface area contributed by atoms with Crippen LogP contribution >= 0.6 is 0 Å². The van der Waals surface area contributed by atoms with Crippen molar-refractivity contribution >= 4 is 5.97 Å². The van der Waals surface area contributed by atoms with Gasteiger partial charge in [0.15, 0.2) is 11.6 Å². The van der Waals surface area contributed by atoms with E-state index in [1.807, 2.05) is 5.59 Å². The Kier molecular flexibility index (Phi) is 7.10. The molecule has 0 saturated carbocycles. The van der Waals surface area contributed by atoms with E-state index in [-0.39, 0.29) is 24.4 Å². The lowest BCUT2D eigenvalue weighted by atomic mass is 10.0. The van der Waals surface area contributed by atoms with Crippen molar-refractivity contribution in [2.75, 3.05) is 14.2 Å². The zero-order chi connectivity index (χ0) is 16.7. The molecule has 0 aliphatic rings. The number of hydrogen-bond acceptors (Lipinski definition) is 5. The third kappa shape index (κ3) is 4.87. The number of likely N-dealkylation sites (N-methyl/N-ethyl adjacent to an activating group) is 1. The van der Waals surface area contributed by atoms with Crippen LogP contribution in [0.1, 0.15) is 18.9 Å². The number of rotatable bonds is 7. The van der Waals surface area contributed by atoms with Crippen molar-refractivity contribution in [1.82, 2.24) is 10.6 Å². The third-order valence-electron chi connectivity index (χ3n) is 3.35. The van der Waals surface area contributed by atoms with Gasteiger partial charge in [-0.25, -0.2) is 18.6 Å². The van der Waals surface area contributed by atoms with E-state index >= 15 is 0 Å². The van der Waals surface area contributed by atoms with Crippen molar-refractivity contribution < 1.29 is 23.5 Å². The van der Waals surface area contributed by atoms with Crippen LogP contribution in [0.4, 0.5) is 8.78 Å². The van der Waals surface area contributed by atoms with Crippen molar-refractivity contribution in [1.29, 1.82) is 0 Å². The summed E-state index contributed by atoms with van der Waals surface area (Å²) in [7, 11) is 2.83. The quantitative estimate of drug-likeness (QED) is 0.459. The molecule has 7 heteroatoms. The number of ether oxygens (including phenoxy) is 1. The topological polar surface area (TPSA) is 61.8 Å². The lowest BCUT2D eigenvalue weighted by Gasteiger charge is -2.20. The van der Waals surface area contributed by atoms with Crippen LogP contribution < -0.4 is 5.59 Å². The number of aryl methyl sites for hydroxylation is 1. The van der Waals surface area contributed by atoms with Crippen LogP contribution in [0.2, 0.25) is 0 Å². The molecule has 0 bridgehead atoms. The second-order valence-corrected chi connectivity index (χ2v) is 4.85. The van der Waals surface area contributed by atoms with Crippen molar-refractivity contribution in [2.24, 2.45) is 0 Å². The molecule has 1 aromatic carbocycles. The van der Waals surface area contributed by atoms with Crippen LogP contribution in [-0.4, -0.2) is 36.4 Å². The highest BCUT2D eigenvalue weighted by atomic mass is 19.2. The van der Waals surface area contributed by atoms with E-state index in [2.05, 4.69) is 0 Å². The Morgan fingerprint density at radius 2 is 2.18 bits per heavy atom. The number of nitrogens with one attached hydrogen (secondary N) is 1. The van der Waals surface area contributed by atoms with Crippen LogP contribution in [0.3, 0.4) is 0 Å². The molecule has 0 heterocycles. The summed E-state index contributed by atoms with van der Waals surface area (Å²) in [6, 6.07) is 3.62. The molecule has 0 spiro atoms. The summed E-state index contributed by atoms with van der Waals surface area (Å²) in [6.07, 6.45) is 1.94. The predicted molar refractivity (Wildman–Crippen MR) is 76.9 cm³/mol. The molecule has 0 fully saturated rings. The Bertz CT molecular complexity index is 550. The number of hydrazine groups is 1. The molecule has 2 N–H and O–H groups in total. The van der Waals surface area contributed by atoms with E-state index in [9.17, 15) is 13.6 Å². The smallest absolute Gasteiger partial charge is 0.333 e. The van der Waals surface area contributed by atoms with E-state index < -0.39 is 17.6 Å². The van der Waals surface area contributed by atoms with Gasteiger partial charge in [0, 0.05) is 18.7 Å². The molecule has 1 atom stereocenters. The second-order valence-electron chi connectivity index (χ2n) is 4.85. The standard InChI is InChI=1S/C15H20F2N2O3/c1-10(19(2)18-21)9-12(15(20)22-3)8-7-11-5-4-6-13(16)14(11)17/h4-6,9-10,18,21H,7-8H2,1-3H3/b12-9+. The van der Waals surface area contributed by atoms with Crippen LogP contribution in [0.15, 0.2) is 29.8 Å². The Balaban J connectivity index is 2.88. The van der Waals surface area contributed by atoms with Gasteiger partial charge in [-0.05, 0) is 31.4 Å². The second kappa shape index (κ2) is 8.57. The minimum Gasteiger partial charge on any atom is -0.466 e. The Morgan fingerprint density at radius 3 is 2.77 bits per heavy atom. The van der Waals surface area contributed by atoms with E-state index in [0.717, 1.165) is 6.07 Å². The molecule has 0 radical (unpaired) electrons. The monoisotopic (exact) mass is 314 g/mol. The molecule has 1 aromatic rings. The van der Waals surface area contributed by atoms with Crippen LogP contribution in [0, 0.1) is 11.6 Å². The molecular weight excluding hydrogens is 294 g/mol. The van der Waals surface area contributed by atoms with Gasteiger partial charge >= 0.3 is 5.97 Å². The van der Waals surface area contributed by atoms with Gasteiger partial charge in [-0.15, -0.1) is 5.59 Å². The van der Waals surface area contributed by atoms with Gasteiger partial charge in [-0.2, -0.15) is 0 Å². The van der Waals surface area contributed by atoms with Gasteiger partial charge in [0.1, 0.15) is 0 Å². The maximum Gasteiger partial charge on any atom is 0.333 e. The van der Waals surface area contributed by atoms with Crippen molar-refractivity contribution in [3.05, 3.63) is 47.0 Å². The van der Waals surface area contributed by atoms with E-state index in [1.165, 1.54) is 24.3 Å². The largest absolute Gasteiger partial charge is 0.466 e. The first-order valence-electron chi connectivity index (χ1n) is 6.75. The van der Waals surface area contributed by atoms with Gasteiger partial charge in [0.05, 0.1) is 7.11 Å². The van der Waals surface area contributed by atoms with Crippen molar-refractivity contribution in [2.45, 2.75) is 25.8 Å². The fourth-order valence-electron chi connectivity index (χ4n) is 1.89. The highest BCUT2D eigenvalue weighted by Crippen LogP contribution is 2.17. The van der Waals surface area contributed by atoms with Gasteiger partial charge in [-0.1, -0.05) is 18.2 Å². The van der Waals surface area contributed by atoms with Crippen LogP contribution in [0.5, 0.6) is 0 Å². The molecule has 0 saturated heterocycles. The number of carbonyl (C=O) groups excluding carboxylic acids is 1. The lowest BCUT2D eigenvalue weighted by molar-refractivity contribution is -0.136. The molecule has 0 aliphatic carbocycles. The highest BCUT2D eigenvalue weighted by Gasteiger charge is 2.15. The first kappa shape index (κ1) is 18.2. The summed E-state index contributed by atoms with van der Waals surface area (Å²) in [5.74, 6) is -2.37. The fraction of sp³-hybridized carbons (Fsp3) is 0.400. The van der Waals surface area contributed by atoms with Gasteiger partial charge in [-0.3, -0.25) is 0 Å². The number of nitrogens with zero attached hydrogens (tertiary/aromatic N) is 1. The normalized spacial score (nSPS) is 13.3. The molecule has 0 aliphatic heterocycles. The number of methoxy groups -OCH3 is 1. The van der Waals surface area contributed by atoms with Crippen LogP contribution in [0.25, 0.3) is 0 Å². The summed E-state index contributed by atoms with van der Waals surface area (Å²) in [6.45, 7) is 1.74. The zero-order valence-electron chi connectivity index (χ0n) is 12.8. The minimum atomic E-state index is -0.918. The molecule has 0 amide bonds. The molecule has 5 nitrogen and oxygen atoms in total.